The summed E-state index contributed by atoms with van der Waals surface area (Å²) < 4.78 is 9.05. The molecule has 0 aliphatic heterocycles. The van der Waals surface area contributed by atoms with Crippen molar-refractivity contribution in [1.29, 1.82) is 0 Å². The van der Waals surface area contributed by atoms with Gasteiger partial charge in [0.15, 0.2) is 0 Å². The van der Waals surface area contributed by atoms with E-state index in [4.69, 9.17) is 0 Å². The lowest BCUT2D eigenvalue weighted by Gasteiger charge is -2.14. The number of hydrogen-bond acceptors (Lipinski definition) is 5. The Kier molecular flexibility index (Phi) is 8.24. The van der Waals surface area contributed by atoms with Gasteiger partial charge in [-0.2, -0.15) is 0 Å². The molecule has 19 heavy (non-hydrogen) atoms. The molecule has 108 valence electrons. The summed E-state index contributed by atoms with van der Waals surface area (Å²) in [7, 11) is 2.52. The zero-order chi connectivity index (χ0) is 14.8. The first-order chi connectivity index (χ1) is 8.90. The molecular weight excluding hydrogens is 250 g/mol. The van der Waals surface area contributed by atoms with E-state index in [-0.39, 0.29) is 18.7 Å². The van der Waals surface area contributed by atoms with Gasteiger partial charge in [-0.1, -0.05) is 11.6 Å². The number of methoxy groups -OCH3 is 2. The lowest BCUT2D eigenvalue weighted by Crippen LogP contribution is -2.41. The van der Waals surface area contributed by atoms with Crippen LogP contribution in [0.1, 0.15) is 33.1 Å². The molecule has 0 saturated heterocycles. The fourth-order valence-corrected chi connectivity index (χ4v) is 1.29. The summed E-state index contributed by atoms with van der Waals surface area (Å²) in [5.41, 5.74) is 1.04. The Bertz CT molecular complexity index is 358. The summed E-state index contributed by atoms with van der Waals surface area (Å²) in [6, 6.07) is -0.731. The number of ether oxygens (including phenoxy) is 2. The van der Waals surface area contributed by atoms with E-state index in [9.17, 15) is 14.4 Å². The Labute approximate surface area is 113 Å². The Morgan fingerprint density at radius 1 is 1.11 bits per heavy atom. The largest absolute Gasteiger partial charge is 0.469 e. The predicted octanol–water partition coefficient (Wildman–Crippen LogP) is 0.954. The number of hydrogen-bond donors (Lipinski definition) is 1. The molecule has 0 aromatic carbocycles. The Balaban J connectivity index is 4.39. The number of rotatable bonds is 7. The molecule has 0 spiro atoms. The second-order valence-electron chi connectivity index (χ2n) is 4.24. The van der Waals surface area contributed by atoms with Crippen molar-refractivity contribution in [3.05, 3.63) is 11.6 Å². The third kappa shape index (κ3) is 7.96. The first-order valence-corrected chi connectivity index (χ1v) is 5.98. The van der Waals surface area contributed by atoms with Gasteiger partial charge in [-0.3, -0.25) is 9.59 Å². The van der Waals surface area contributed by atoms with Crippen LogP contribution in [0.2, 0.25) is 0 Å². The zero-order valence-electron chi connectivity index (χ0n) is 11.8. The van der Waals surface area contributed by atoms with Crippen molar-refractivity contribution < 1.29 is 23.9 Å². The molecule has 0 aliphatic rings. The topological polar surface area (TPSA) is 81.7 Å². The molecule has 1 N–H and O–H groups in total. The summed E-state index contributed by atoms with van der Waals surface area (Å²) in [5, 5.41) is 2.54. The zero-order valence-corrected chi connectivity index (χ0v) is 11.8. The van der Waals surface area contributed by atoms with E-state index in [0.29, 0.717) is 6.42 Å². The minimum Gasteiger partial charge on any atom is -0.469 e. The van der Waals surface area contributed by atoms with Gasteiger partial charge >= 0.3 is 11.9 Å². The van der Waals surface area contributed by atoms with Gasteiger partial charge in [0.1, 0.15) is 6.04 Å². The average Bonchev–Trinajstić information content (AvgIpc) is 2.39. The SMILES string of the molecule is COC(=O)CCC(=O)N[C@@H](CC=C(C)C)C(=O)OC. The van der Waals surface area contributed by atoms with E-state index >= 15 is 0 Å². The number of nitrogens with one attached hydrogen (secondary N) is 1. The van der Waals surface area contributed by atoms with Gasteiger partial charge in [0.25, 0.3) is 0 Å². The molecule has 0 radical (unpaired) electrons. The first-order valence-electron chi connectivity index (χ1n) is 5.98. The van der Waals surface area contributed by atoms with Crippen molar-refractivity contribution in [3.8, 4) is 0 Å². The van der Waals surface area contributed by atoms with Crippen LogP contribution < -0.4 is 5.32 Å². The standard InChI is InChI=1S/C13H21NO5/c1-9(2)5-6-10(13(17)19-4)14-11(15)7-8-12(16)18-3/h5,10H,6-8H2,1-4H3,(H,14,15)/t10-/m0/s1. The van der Waals surface area contributed by atoms with Gasteiger partial charge in [0.05, 0.1) is 20.6 Å². The molecule has 0 rings (SSSR count). The molecule has 6 nitrogen and oxygen atoms in total. The maximum Gasteiger partial charge on any atom is 0.328 e. The van der Waals surface area contributed by atoms with E-state index in [0.717, 1.165) is 5.57 Å². The summed E-state index contributed by atoms with van der Waals surface area (Å²) in [5.74, 6) is -1.36. The van der Waals surface area contributed by atoms with Crippen LogP contribution in [-0.2, 0) is 23.9 Å². The number of carbonyl (C=O) groups is 3. The van der Waals surface area contributed by atoms with Crippen molar-refractivity contribution in [1.82, 2.24) is 5.32 Å². The van der Waals surface area contributed by atoms with E-state index in [1.807, 2.05) is 19.9 Å². The fourth-order valence-electron chi connectivity index (χ4n) is 1.29. The maximum absolute atomic E-state index is 11.6. The van der Waals surface area contributed by atoms with Gasteiger partial charge in [-0.05, 0) is 20.3 Å². The molecule has 0 heterocycles. The molecule has 0 aliphatic carbocycles. The van der Waals surface area contributed by atoms with Crippen LogP contribution in [0, 0.1) is 0 Å². The van der Waals surface area contributed by atoms with Crippen LogP contribution in [0.25, 0.3) is 0 Å². The van der Waals surface area contributed by atoms with Crippen LogP contribution in [0.5, 0.6) is 0 Å². The van der Waals surface area contributed by atoms with Crippen LogP contribution in [0.3, 0.4) is 0 Å². The smallest absolute Gasteiger partial charge is 0.328 e. The first kappa shape index (κ1) is 17.2. The lowest BCUT2D eigenvalue weighted by molar-refractivity contribution is -0.145. The average molecular weight is 271 g/mol. The molecule has 0 bridgehead atoms. The van der Waals surface area contributed by atoms with E-state index in [1.165, 1.54) is 14.2 Å². The van der Waals surface area contributed by atoms with Crippen LogP contribution in [0.4, 0.5) is 0 Å². The Hall–Kier alpha value is -1.85. The highest BCUT2D eigenvalue weighted by atomic mass is 16.5. The second-order valence-corrected chi connectivity index (χ2v) is 4.24. The van der Waals surface area contributed by atoms with Crippen LogP contribution in [-0.4, -0.2) is 38.1 Å². The molecule has 0 fully saturated rings. The third-order valence-electron chi connectivity index (χ3n) is 2.37. The quantitative estimate of drug-likeness (QED) is 0.551. The molecule has 1 amide bonds. The minimum atomic E-state index is -0.731. The summed E-state index contributed by atoms with van der Waals surface area (Å²) in [6.45, 7) is 3.79. The molecule has 0 unspecified atom stereocenters. The van der Waals surface area contributed by atoms with Crippen molar-refractivity contribution in [2.24, 2.45) is 0 Å². The van der Waals surface area contributed by atoms with Crippen molar-refractivity contribution >= 4 is 17.8 Å². The van der Waals surface area contributed by atoms with Gasteiger partial charge in [-0.15, -0.1) is 0 Å². The Morgan fingerprint density at radius 3 is 2.21 bits per heavy atom. The van der Waals surface area contributed by atoms with E-state index in [1.54, 1.807) is 0 Å². The van der Waals surface area contributed by atoms with Crippen molar-refractivity contribution in [3.63, 3.8) is 0 Å². The highest BCUT2D eigenvalue weighted by molar-refractivity contribution is 5.86. The molecule has 0 aromatic rings. The summed E-state index contributed by atoms with van der Waals surface area (Å²) in [4.78, 5) is 34.0. The summed E-state index contributed by atoms with van der Waals surface area (Å²) >= 11 is 0. The lowest BCUT2D eigenvalue weighted by atomic mass is 10.1. The number of amides is 1. The third-order valence-corrected chi connectivity index (χ3v) is 2.37. The highest BCUT2D eigenvalue weighted by Crippen LogP contribution is 2.02. The molecular formula is C13H21NO5. The normalized spacial score (nSPS) is 11.2. The van der Waals surface area contributed by atoms with E-state index < -0.39 is 18.0 Å². The van der Waals surface area contributed by atoms with Gasteiger partial charge in [0.2, 0.25) is 5.91 Å². The van der Waals surface area contributed by atoms with Crippen LogP contribution >= 0.6 is 0 Å². The predicted molar refractivity (Wildman–Crippen MR) is 69.2 cm³/mol. The fraction of sp³-hybridized carbons (Fsp3) is 0.615. The maximum atomic E-state index is 11.6. The summed E-state index contributed by atoms with van der Waals surface area (Å²) in [6.07, 6.45) is 2.16. The molecule has 0 saturated carbocycles. The number of carbonyl (C=O) groups excluding carboxylic acids is 3. The monoisotopic (exact) mass is 271 g/mol. The van der Waals surface area contributed by atoms with Gasteiger partial charge < -0.3 is 14.8 Å². The highest BCUT2D eigenvalue weighted by Gasteiger charge is 2.20. The number of allylic oxidation sites excluding steroid dienone is 1. The molecule has 1 atom stereocenters. The molecule has 6 heteroatoms. The van der Waals surface area contributed by atoms with Crippen LogP contribution in [0.15, 0.2) is 11.6 Å². The van der Waals surface area contributed by atoms with Crippen molar-refractivity contribution in [2.75, 3.05) is 14.2 Å². The number of esters is 2. The van der Waals surface area contributed by atoms with Gasteiger partial charge in [0, 0.05) is 6.42 Å². The minimum absolute atomic E-state index is 0.0150. The second kappa shape index (κ2) is 9.13. The molecule has 0 aromatic heterocycles. The van der Waals surface area contributed by atoms with Crippen molar-refractivity contribution in [2.45, 2.75) is 39.2 Å². The van der Waals surface area contributed by atoms with Gasteiger partial charge in [-0.25, -0.2) is 4.79 Å². The Morgan fingerprint density at radius 2 is 1.74 bits per heavy atom. The van der Waals surface area contributed by atoms with E-state index in [2.05, 4.69) is 14.8 Å².